The van der Waals surface area contributed by atoms with Gasteiger partial charge in [-0.25, -0.2) is 8.78 Å². The topological polar surface area (TPSA) is 49.4 Å². The van der Waals surface area contributed by atoms with Gasteiger partial charge in [0.15, 0.2) is 0 Å². The summed E-state index contributed by atoms with van der Waals surface area (Å²) in [6.07, 6.45) is 2.97. The van der Waals surface area contributed by atoms with Gasteiger partial charge in [-0.2, -0.15) is 0 Å². The molecule has 4 nitrogen and oxygen atoms in total. The van der Waals surface area contributed by atoms with E-state index in [2.05, 4.69) is 5.32 Å². The summed E-state index contributed by atoms with van der Waals surface area (Å²) in [5.41, 5.74) is 2.01. The maximum absolute atomic E-state index is 13.7. The van der Waals surface area contributed by atoms with Crippen LogP contribution in [-0.2, 0) is 0 Å². The van der Waals surface area contributed by atoms with Crippen LogP contribution in [0.2, 0.25) is 0 Å². The number of carbonyl (C=O) groups excluding carboxylic acids is 2. The minimum absolute atomic E-state index is 0.0984. The molecule has 2 rings (SSSR count). The van der Waals surface area contributed by atoms with E-state index in [-0.39, 0.29) is 11.8 Å². The van der Waals surface area contributed by atoms with Crippen LogP contribution in [0.5, 0.6) is 0 Å². The van der Waals surface area contributed by atoms with E-state index in [1.807, 2.05) is 27.7 Å². The first-order chi connectivity index (χ1) is 14.8. The molecule has 0 heterocycles. The van der Waals surface area contributed by atoms with Crippen molar-refractivity contribution >= 4 is 11.8 Å². The minimum Gasteiger partial charge on any atom is -0.345 e. The monoisotopic (exact) mass is 430 g/mol. The lowest BCUT2D eigenvalue weighted by atomic mass is 10.00. The summed E-state index contributed by atoms with van der Waals surface area (Å²) < 4.78 is 27.4. The lowest BCUT2D eigenvalue weighted by Crippen LogP contribution is -2.33. The van der Waals surface area contributed by atoms with Gasteiger partial charge in [0, 0.05) is 30.3 Å². The second-order valence-corrected chi connectivity index (χ2v) is 7.90. The average Bonchev–Trinajstić information content (AvgIpc) is 2.71. The molecule has 31 heavy (non-hydrogen) atoms. The maximum Gasteiger partial charge on any atom is 0.253 e. The molecule has 0 fully saturated rings. The predicted molar refractivity (Wildman–Crippen MR) is 119 cm³/mol. The molecule has 2 aromatic rings. The van der Waals surface area contributed by atoms with E-state index in [1.165, 1.54) is 12.1 Å². The van der Waals surface area contributed by atoms with Gasteiger partial charge in [-0.1, -0.05) is 27.2 Å². The molecule has 0 radical (unpaired) electrons. The molecule has 0 spiro atoms. The second-order valence-electron chi connectivity index (χ2n) is 7.90. The molecule has 2 amide bonds. The Morgan fingerprint density at radius 1 is 0.871 bits per heavy atom. The fraction of sp³-hybridized carbons (Fsp3) is 0.440. The molecule has 0 aliphatic rings. The molecule has 168 valence electrons. The summed E-state index contributed by atoms with van der Waals surface area (Å²) in [5, 5.41) is 2.88. The number of rotatable bonds is 10. The molecular weight excluding hydrogens is 398 g/mol. The van der Waals surface area contributed by atoms with E-state index in [0.717, 1.165) is 30.9 Å². The third-order valence-electron chi connectivity index (χ3n) is 5.03. The zero-order valence-electron chi connectivity index (χ0n) is 18.8. The van der Waals surface area contributed by atoms with Gasteiger partial charge in [0.25, 0.3) is 11.8 Å². The zero-order valence-corrected chi connectivity index (χ0v) is 18.8. The Hall–Kier alpha value is -2.76. The maximum atomic E-state index is 13.7. The molecule has 6 heteroatoms. The standard InChI is InChI=1S/C25H32F2N2O2/c1-5-8-23(18-14-21(26)16-22(27)15-18)28-24(30)19-11-17(4)12-20(13-19)25(31)29(9-6-2)10-7-3/h11-16,23H,5-10H2,1-4H3,(H,28,30). The average molecular weight is 431 g/mol. The lowest BCUT2D eigenvalue weighted by molar-refractivity contribution is 0.0755. The van der Waals surface area contributed by atoms with Gasteiger partial charge in [0.2, 0.25) is 0 Å². The Balaban J connectivity index is 2.30. The molecule has 1 unspecified atom stereocenters. The largest absolute Gasteiger partial charge is 0.345 e. The Morgan fingerprint density at radius 3 is 2.00 bits per heavy atom. The van der Waals surface area contributed by atoms with Crippen LogP contribution in [-0.4, -0.2) is 29.8 Å². The molecule has 0 saturated heterocycles. The van der Waals surface area contributed by atoms with Crippen LogP contribution in [0.25, 0.3) is 0 Å². The van der Waals surface area contributed by atoms with Crippen molar-refractivity contribution in [1.82, 2.24) is 10.2 Å². The normalized spacial score (nSPS) is 11.8. The van der Waals surface area contributed by atoms with Gasteiger partial charge in [-0.15, -0.1) is 0 Å². The minimum atomic E-state index is -0.680. The van der Waals surface area contributed by atoms with E-state index < -0.39 is 17.7 Å². The van der Waals surface area contributed by atoms with Gasteiger partial charge in [-0.3, -0.25) is 9.59 Å². The van der Waals surface area contributed by atoms with Crippen molar-refractivity contribution in [2.75, 3.05) is 13.1 Å². The number of hydrogen-bond donors (Lipinski definition) is 1. The molecular formula is C25H32F2N2O2. The van der Waals surface area contributed by atoms with E-state index in [0.29, 0.717) is 36.2 Å². The Labute approximate surface area is 183 Å². The van der Waals surface area contributed by atoms with Crippen LogP contribution in [0.4, 0.5) is 8.78 Å². The highest BCUT2D eigenvalue weighted by Gasteiger charge is 2.20. The quantitative estimate of drug-likeness (QED) is 0.517. The van der Waals surface area contributed by atoms with Crippen molar-refractivity contribution in [3.8, 4) is 0 Å². The summed E-state index contributed by atoms with van der Waals surface area (Å²) >= 11 is 0. The van der Waals surface area contributed by atoms with Crippen molar-refractivity contribution in [1.29, 1.82) is 0 Å². The molecule has 0 saturated carbocycles. The van der Waals surface area contributed by atoms with Crippen LogP contribution >= 0.6 is 0 Å². The van der Waals surface area contributed by atoms with Crippen molar-refractivity contribution < 1.29 is 18.4 Å². The molecule has 2 aromatic carbocycles. The van der Waals surface area contributed by atoms with Crippen molar-refractivity contribution in [2.45, 2.75) is 59.4 Å². The molecule has 0 bridgehead atoms. The highest BCUT2D eigenvalue weighted by Crippen LogP contribution is 2.22. The number of hydrogen-bond acceptors (Lipinski definition) is 2. The highest BCUT2D eigenvalue weighted by molar-refractivity contribution is 6.00. The van der Waals surface area contributed by atoms with Gasteiger partial charge in [-0.05, 0) is 67.6 Å². The summed E-state index contributed by atoms with van der Waals surface area (Å²) in [7, 11) is 0. The molecule has 1 atom stereocenters. The van der Waals surface area contributed by atoms with Crippen LogP contribution in [0, 0.1) is 18.6 Å². The predicted octanol–water partition coefficient (Wildman–Crippen LogP) is 5.81. The second kappa shape index (κ2) is 11.6. The van der Waals surface area contributed by atoms with Crippen molar-refractivity contribution in [3.63, 3.8) is 0 Å². The van der Waals surface area contributed by atoms with E-state index in [1.54, 1.807) is 23.1 Å². The summed E-state index contributed by atoms with van der Waals surface area (Å²) in [6, 6.07) is 7.85. The van der Waals surface area contributed by atoms with Crippen LogP contribution in [0.15, 0.2) is 36.4 Å². The van der Waals surface area contributed by atoms with E-state index >= 15 is 0 Å². The van der Waals surface area contributed by atoms with Gasteiger partial charge < -0.3 is 10.2 Å². The van der Waals surface area contributed by atoms with Gasteiger partial charge >= 0.3 is 0 Å². The third-order valence-corrected chi connectivity index (χ3v) is 5.03. The lowest BCUT2D eigenvalue weighted by Gasteiger charge is -2.22. The van der Waals surface area contributed by atoms with Gasteiger partial charge in [0.05, 0.1) is 6.04 Å². The number of nitrogens with one attached hydrogen (secondary N) is 1. The number of nitrogens with zero attached hydrogens (tertiary/aromatic N) is 1. The van der Waals surface area contributed by atoms with Crippen molar-refractivity contribution in [2.24, 2.45) is 0 Å². The fourth-order valence-corrected chi connectivity index (χ4v) is 3.70. The summed E-state index contributed by atoms with van der Waals surface area (Å²) in [4.78, 5) is 27.8. The Morgan fingerprint density at radius 2 is 1.45 bits per heavy atom. The Kier molecular flexibility index (Phi) is 9.16. The smallest absolute Gasteiger partial charge is 0.253 e. The number of halogens is 2. The van der Waals surface area contributed by atoms with E-state index in [4.69, 9.17) is 0 Å². The fourth-order valence-electron chi connectivity index (χ4n) is 3.70. The first-order valence-electron chi connectivity index (χ1n) is 11.0. The molecule has 0 aliphatic carbocycles. The molecule has 0 aliphatic heterocycles. The van der Waals surface area contributed by atoms with Crippen LogP contribution in [0.3, 0.4) is 0 Å². The zero-order chi connectivity index (χ0) is 23.0. The number of benzene rings is 2. The van der Waals surface area contributed by atoms with E-state index in [9.17, 15) is 18.4 Å². The third kappa shape index (κ3) is 6.88. The SMILES string of the molecule is CCCC(NC(=O)c1cc(C)cc(C(=O)N(CCC)CCC)c1)c1cc(F)cc(F)c1. The summed E-state index contributed by atoms with van der Waals surface area (Å²) in [6.45, 7) is 9.14. The van der Waals surface area contributed by atoms with Crippen LogP contribution in [0.1, 0.15) is 84.3 Å². The molecule has 0 aromatic heterocycles. The number of carbonyl (C=O) groups is 2. The highest BCUT2D eigenvalue weighted by atomic mass is 19.1. The summed E-state index contributed by atoms with van der Waals surface area (Å²) in [5.74, 6) is -1.83. The number of aryl methyl sites for hydroxylation is 1. The van der Waals surface area contributed by atoms with Crippen molar-refractivity contribution in [3.05, 3.63) is 70.3 Å². The first kappa shape index (κ1) is 24.5. The molecule has 1 N–H and O–H groups in total. The number of amides is 2. The van der Waals surface area contributed by atoms with Crippen LogP contribution < -0.4 is 5.32 Å². The Bertz CT molecular complexity index is 888. The first-order valence-corrected chi connectivity index (χ1v) is 11.0. The van der Waals surface area contributed by atoms with Gasteiger partial charge in [0.1, 0.15) is 11.6 Å².